The van der Waals surface area contributed by atoms with Gasteiger partial charge in [-0.15, -0.1) is 0 Å². The molecule has 2 aromatic carbocycles. The van der Waals surface area contributed by atoms with Gasteiger partial charge in [-0.05, 0) is 36.3 Å². The molecule has 0 saturated carbocycles. The SMILES string of the molecule is CCCCCCCCCCc1cc2ccccc2c(S(=O)(=O)O)c1C. The summed E-state index contributed by atoms with van der Waals surface area (Å²) in [7, 11) is -4.23. The zero-order valence-corrected chi connectivity index (χ0v) is 16.2. The molecule has 25 heavy (non-hydrogen) atoms. The maximum absolute atomic E-state index is 11.9. The molecule has 0 radical (unpaired) electrons. The molecule has 0 heterocycles. The second-order valence-corrected chi connectivity index (χ2v) is 8.27. The van der Waals surface area contributed by atoms with Crippen molar-refractivity contribution in [3.63, 3.8) is 0 Å². The van der Waals surface area contributed by atoms with E-state index in [0.29, 0.717) is 10.9 Å². The van der Waals surface area contributed by atoms with Crippen LogP contribution in [0.4, 0.5) is 0 Å². The summed E-state index contributed by atoms with van der Waals surface area (Å²) in [6, 6.07) is 9.42. The van der Waals surface area contributed by atoms with Crippen LogP contribution >= 0.6 is 0 Å². The predicted molar refractivity (Wildman–Crippen MR) is 105 cm³/mol. The highest BCUT2D eigenvalue weighted by molar-refractivity contribution is 7.86. The molecule has 3 nitrogen and oxygen atoms in total. The number of rotatable bonds is 10. The average molecular weight is 363 g/mol. The maximum Gasteiger partial charge on any atom is 0.295 e. The molecule has 4 heteroatoms. The van der Waals surface area contributed by atoms with Crippen LogP contribution in [-0.2, 0) is 16.5 Å². The van der Waals surface area contributed by atoms with Crippen LogP contribution in [0.3, 0.4) is 0 Å². The number of fused-ring (bicyclic) bond motifs is 1. The van der Waals surface area contributed by atoms with E-state index in [1.54, 1.807) is 19.1 Å². The highest BCUT2D eigenvalue weighted by atomic mass is 32.2. The topological polar surface area (TPSA) is 54.4 Å². The van der Waals surface area contributed by atoms with Crippen molar-refractivity contribution in [1.29, 1.82) is 0 Å². The van der Waals surface area contributed by atoms with Crippen molar-refractivity contribution in [1.82, 2.24) is 0 Å². The van der Waals surface area contributed by atoms with Crippen molar-refractivity contribution in [2.24, 2.45) is 0 Å². The molecule has 0 aromatic heterocycles. The Morgan fingerprint density at radius 1 is 0.920 bits per heavy atom. The maximum atomic E-state index is 11.9. The Kier molecular flexibility index (Phi) is 7.45. The van der Waals surface area contributed by atoms with Crippen molar-refractivity contribution in [2.45, 2.75) is 76.5 Å². The third-order valence-electron chi connectivity index (χ3n) is 4.92. The Bertz CT molecular complexity index is 794. The van der Waals surface area contributed by atoms with Crippen LogP contribution in [0.1, 0.15) is 69.4 Å². The minimum atomic E-state index is -4.23. The van der Waals surface area contributed by atoms with Crippen LogP contribution in [0.2, 0.25) is 0 Å². The Morgan fingerprint density at radius 2 is 1.52 bits per heavy atom. The van der Waals surface area contributed by atoms with Gasteiger partial charge in [0.2, 0.25) is 0 Å². The Balaban J connectivity index is 2.05. The lowest BCUT2D eigenvalue weighted by molar-refractivity contribution is 0.483. The molecule has 0 spiro atoms. The standard InChI is InChI=1S/C21H30O3S/c1-3-4-5-6-7-8-9-10-13-18-16-19-14-11-12-15-20(19)21(17(18)2)25(22,23)24/h11-12,14-16H,3-10,13H2,1-2H3,(H,22,23,24). The monoisotopic (exact) mass is 362 g/mol. The van der Waals surface area contributed by atoms with Gasteiger partial charge >= 0.3 is 0 Å². The summed E-state index contributed by atoms with van der Waals surface area (Å²) in [5.41, 5.74) is 1.71. The average Bonchev–Trinajstić information content (AvgIpc) is 2.56. The van der Waals surface area contributed by atoms with Crippen LogP contribution in [0.15, 0.2) is 35.2 Å². The van der Waals surface area contributed by atoms with Crippen molar-refractivity contribution >= 4 is 20.9 Å². The zero-order chi connectivity index (χ0) is 18.3. The minimum absolute atomic E-state index is 0.0696. The summed E-state index contributed by atoms with van der Waals surface area (Å²) in [6.45, 7) is 4.03. The molecule has 0 saturated heterocycles. The molecule has 0 fully saturated rings. The minimum Gasteiger partial charge on any atom is -0.282 e. The first-order chi connectivity index (χ1) is 11.9. The van der Waals surface area contributed by atoms with E-state index in [1.807, 2.05) is 12.1 Å². The molecular formula is C21H30O3S. The summed E-state index contributed by atoms with van der Waals surface area (Å²) in [4.78, 5) is 0.0696. The fourth-order valence-corrected chi connectivity index (χ4v) is 4.50. The van der Waals surface area contributed by atoms with Crippen LogP contribution in [0, 0.1) is 6.92 Å². The van der Waals surface area contributed by atoms with Crippen LogP contribution < -0.4 is 0 Å². The van der Waals surface area contributed by atoms with Gasteiger partial charge in [0.15, 0.2) is 0 Å². The van der Waals surface area contributed by atoms with Crippen molar-refractivity contribution in [2.75, 3.05) is 0 Å². The highest BCUT2D eigenvalue weighted by Gasteiger charge is 2.19. The number of aryl methyl sites for hydroxylation is 1. The first kappa shape index (κ1) is 19.9. The van der Waals surface area contributed by atoms with Crippen LogP contribution in [-0.4, -0.2) is 13.0 Å². The third-order valence-corrected chi connectivity index (χ3v) is 5.96. The van der Waals surface area contributed by atoms with E-state index in [2.05, 4.69) is 13.0 Å². The van der Waals surface area contributed by atoms with E-state index in [-0.39, 0.29) is 4.90 Å². The molecule has 0 atom stereocenters. The molecular weight excluding hydrogens is 332 g/mol. The Hall–Kier alpha value is -1.39. The Morgan fingerprint density at radius 3 is 2.16 bits per heavy atom. The number of hydrogen-bond acceptors (Lipinski definition) is 2. The second kappa shape index (κ2) is 9.35. The summed E-state index contributed by atoms with van der Waals surface area (Å²) in [5, 5.41) is 1.47. The van der Waals surface area contributed by atoms with E-state index < -0.39 is 10.1 Å². The van der Waals surface area contributed by atoms with Crippen molar-refractivity contribution < 1.29 is 13.0 Å². The lowest BCUT2D eigenvalue weighted by Gasteiger charge is -2.13. The van der Waals surface area contributed by atoms with E-state index >= 15 is 0 Å². The molecule has 138 valence electrons. The summed E-state index contributed by atoms with van der Waals surface area (Å²) < 4.78 is 33.4. The van der Waals surface area contributed by atoms with E-state index in [1.165, 1.54) is 44.9 Å². The first-order valence-electron chi connectivity index (χ1n) is 9.44. The van der Waals surface area contributed by atoms with Gasteiger partial charge in [-0.25, -0.2) is 0 Å². The van der Waals surface area contributed by atoms with Gasteiger partial charge in [0.1, 0.15) is 4.90 Å². The molecule has 0 bridgehead atoms. The normalized spacial score (nSPS) is 12.0. The van der Waals surface area contributed by atoms with E-state index in [4.69, 9.17) is 0 Å². The second-order valence-electron chi connectivity index (χ2n) is 6.91. The molecule has 2 rings (SSSR count). The van der Waals surface area contributed by atoms with Gasteiger partial charge in [0.25, 0.3) is 10.1 Å². The molecule has 0 aliphatic heterocycles. The van der Waals surface area contributed by atoms with Crippen molar-refractivity contribution in [3.05, 3.63) is 41.5 Å². The summed E-state index contributed by atoms with van der Waals surface area (Å²) in [5.74, 6) is 0. The number of unbranched alkanes of at least 4 members (excludes halogenated alkanes) is 7. The summed E-state index contributed by atoms with van der Waals surface area (Å²) >= 11 is 0. The highest BCUT2D eigenvalue weighted by Crippen LogP contribution is 2.30. The third kappa shape index (κ3) is 5.55. The van der Waals surface area contributed by atoms with Gasteiger partial charge in [-0.1, -0.05) is 82.2 Å². The van der Waals surface area contributed by atoms with Gasteiger partial charge in [0.05, 0.1) is 0 Å². The van der Waals surface area contributed by atoms with E-state index in [0.717, 1.165) is 23.8 Å². The lowest BCUT2D eigenvalue weighted by Crippen LogP contribution is -2.05. The smallest absolute Gasteiger partial charge is 0.282 e. The lowest BCUT2D eigenvalue weighted by atomic mass is 9.97. The van der Waals surface area contributed by atoms with Crippen LogP contribution in [0.25, 0.3) is 10.8 Å². The Labute approximate surface area is 152 Å². The van der Waals surface area contributed by atoms with Gasteiger partial charge in [-0.3, -0.25) is 4.55 Å². The molecule has 0 aliphatic carbocycles. The van der Waals surface area contributed by atoms with Gasteiger partial charge in [-0.2, -0.15) is 8.42 Å². The fourth-order valence-electron chi connectivity index (χ4n) is 3.51. The number of benzene rings is 2. The molecule has 0 aliphatic rings. The molecule has 1 N–H and O–H groups in total. The van der Waals surface area contributed by atoms with E-state index in [9.17, 15) is 13.0 Å². The van der Waals surface area contributed by atoms with Gasteiger partial charge in [0, 0.05) is 5.39 Å². The first-order valence-corrected chi connectivity index (χ1v) is 10.9. The number of hydrogen-bond donors (Lipinski definition) is 1. The fraction of sp³-hybridized carbons (Fsp3) is 0.524. The van der Waals surface area contributed by atoms with Crippen LogP contribution in [0.5, 0.6) is 0 Å². The molecule has 0 unspecified atom stereocenters. The molecule has 0 amide bonds. The largest absolute Gasteiger partial charge is 0.295 e. The molecule has 2 aromatic rings. The zero-order valence-electron chi connectivity index (χ0n) is 15.4. The van der Waals surface area contributed by atoms with Gasteiger partial charge < -0.3 is 0 Å². The quantitative estimate of drug-likeness (QED) is 0.412. The van der Waals surface area contributed by atoms with Crippen molar-refractivity contribution in [3.8, 4) is 0 Å². The predicted octanol–water partition coefficient (Wildman–Crippen LogP) is 6.08. The summed E-state index contributed by atoms with van der Waals surface area (Å²) in [6.07, 6.45) is 10.8.